The van der Waals surface area contributed by atoms with E-state index in [1.807, 2.05) is 0 Å². The van der Waals surface area contributed by atoms with Gasteiger partial charge in [0.15, 0.2) is 0 Å². The van der Waals surface area contributed by atoms with Gasteiger partial charge in [0.05, 0.1) is 21.5 Å². The summed E-state index contributed by atoms with van der Waals surface area (Å²) in [4.78, 5) is 11.2. The van der Waals surface area contributed by atoms with Gasteiger partial charge < -0.3 is 0 Å². The first kappa shape index (κ1) is 13.0. The minimum atomic E-state index is -0.923. The van der Waals surface area contributed by atoms with Gasteiger partial charge >= 0.3 is 0 Å². The van der Waals surface area contributed by atoms with Crippen molar-refractivity contribution in [3.63, 3.8) is 0 Å². The summed E-state index contributed by atoms with van der Waals surface area (Å²) in [5.41, 5.74) is -0.326. The van der Waals surface area contributed by atoms with Crippen molar-refractivity contribution in [2.24, 2.45) is 0 Å². The first-order valence-electron chi connectivity index (χ1n) is 4.76. The fourth-order valence-electron chi connectivity index (χ4n) is 1.62. The molecule has 0 N–H and O–H groups in total. The Morgan fingerprint density at radius 1 is 1.50 bits per heavy atom. The van der Waals surface area contributed by atoms with Gasteiger partial charge in [0.2, 0.25) is 0 Å². The van der Waals surface area contributed by atoms with E-state index in [1.165, 1.54) is 6.92 Å². The van der Waals surface area contributed by atoms with Crippen molar-refractivity contribution in [1.82, 2.24) is 0 Å². The highest BCUT2D eigenvalue weighted by atomic mass is 35.5. The van der Waals surface area contributed by atoms with Crippen LogP contribution in [-0.2, 0) is 10.2 Å². The van der Waals surface area contributed by atoms with Crippen molar-refractivity contribution < 1.29 is 4.79 Å². The lowest BCUT2D eigenvalue weighted by atomic mass is 9.80. The Labute approximate surface area is 105 Å². The zero-order chi connectivity index (χ0) is 12.3. The average Bonchev–Trinajstić information content (AvgIpc) is 2.21. The van der Waals surface area contributed by atoms with Crippen molar-refractivity contribution in [2.45, 2.75) is 25.7 Å². The van der Waals surface area contributed by atoms with Gasteiger partial charge in [-0.1, -0.05) is 35.3 Å². The number of hydrogen-bond donors (Lipinski definition) is 0. The molecule has 0 aliphatic heterocycles. The average molecular weight is 256 g/mol. The zero-order valence-electron chi connectivity index (χ0n) is 9.05. The minimum Gasteiger partial charge on any atom is -0.300 e. The van der Waals surface area contributed by atoms with E-state index in [0.29, 0.717) is 15.6 Å². The molecule has 0 fully saturated rings. The summed E-state index contributed by atoms with van der Waals surface area (Å²) in [5, 5.41) is 9.93. The third kappa shape index (κ3) is 2.55. The normalized spacial score (nSPS) is 13.9. The number of halogens is 2. The van der Waals surface area contributed by atoms with Crippen LogP contribution in [0.4, 0.5) is 0 Å². The molecule has 16 heavy (non-hydrogen) atoms. The lowest BCUT2D eigenvalue weighted by molar-refractivity contribution is -0.117. The molecule has 1 unspecified atom stereocenters. The summed E-state index contributed by atoms with van der Waals surface area (Å²) in [6.07, 6.45) is 0.129. The summed E-state index contributed by atoms with van der Waals surface area (Å²) in [6, 6.07) is 7.23. The number of carbonyl (C=O) groups is 1. The van der Waals surface area contributed by atoms with Crippen LogP contribution in [0.3, 0.4) is 0 Å². The Kier molecular flexibility index (Phi) is 3.96. The van der Waals surface area contributed by atoms with Gasteiger partial charge in [0.1, 0.15) is 5.78 Å². The molecule has 0 heterocycles. The molecule has 1 aromatic carbocycles. The molecule has 0 spiro atoms. The van der Waals surface area contributed by atoms with E-state index in [0.717, 1.165) is 0 Å². The molecule has 1 aromatic rings. The monoisotopic (exact) mass is 255 g/mol. The Morgan fingerprint density at radius 3 is 2.62 bits per heavy atom. The second-order valence-electron chi connectivity index (χ2n) is 3.92. The third-order valence-corrected chi connectivity index (χ3v) is 3.21. The predicted octanol–water partition coefficient (Wildman–Crippen LogP) is 3.75. The molecule has 2 nitrogen and oxygen atoms in total. The Hall–Kier alpha value is -1.04. The highest BCUT2D eigenvalue weighted by Crippen LogP contribution is 2.36. The summed E-state index contributed by atoms with van der Waals surface area (Å²) < 4.78 is 0. The molecule has 0 bridgehead atoms. The van der Waals surface area contributed by atoms with Crippen molar-refractivity contribution in [1.29, 1.82) is 5.26 Å². The highest BCUT2D eigenvalue weighted by Gasteiger charge is 2.30. The Morgan fingerprint density at radius 2 is 2.12 bits per heavy atom. The lowest BCUT2D eigenvalue weighted by Crippen LogP contribution is -2.23. The van der Waals surface area contributed by atoms with Crippen LogP contribution in [0.15, 0.2) is 18.2 Å². The molecule has 1 rings (SSSR count). The van der Waals surface area contributed by atoms with E-state index in [2.05, 4.69) is 6.07 Å². The maximum atomic E-state index is 11.2. The van der Waals surface area contributed by atoms with Gasteiger partial charge in [-0.25, -0.2) is 0 Å². The number of carbonyl (C=O) groups excluding carboxylic acids is 1. The molecule has 0 aliphatic rings. The van der Waals surface area contributed by atoms with Crippen LogP contribution < -0.4 is 0 Å². The van der Waals surface area contributed by atoms with Crippen LogP contribution in [0.1, 0.15) is 25.8 Å². The number of nitrogens with zero attached hydrogens (tertiary/aromatic N) is 1. The van der Waals surface area contributed by atoms with Crippen molar-refractivity contribution >= 4 is 29.0 Å². The van der Waals surface area contributed by atoms with E-state index in [-0.39, 0.29) is 12.2 Å². The maximum Gasteiger partial charge on any atom is 0.131 e. The van der Waals surface area contributed by atoms with Gasteiger partial charge in [-0.3, -0.25) is 4.79 Å². The van der Waals surface area contributed by atoms with Crippen LogP contribution in [0.5, 0.6) is 0 Å². The van der Waals surface area contributed by atoms with Crippen LogP contribution in [0.2, 0.25) is 10.0 Å². The molecule has 0 saturated heterocycles. The van der Waals surface area contributed by atoms with Crippen LogP contribution in [0, 0.1) is 11.3 Å². The number of hydrogen-bond acceptors (Lipinski definition) is 2. The highest BCUT2D eigenvalue weighted by molar-refractivity contribution is 6.42. The quantitative estimate of drug-likeness (QED) is 0.826. The largest absolute Gasteiger partial charge is 0.300 e. The number of rotatable bonds is 3. The van der Waals surface area contributed by atoms with Gasteiger partial charge in [-0.05, 0) is 25.5 Å². The topological polar surface area (TPSA) is 40.9 Å². The molecular formula is C12H11Cl2NO. The fourth-order valence-corrected chi connectivity index (χ4v) is 2.13. The molecule has 84 valence electrons. The summed E-state index contributed by atoms with van der Waals surface area (Å²) in [7, 11) is 0. The van der Waals surface area contributed by atoms with Crippen LogP contribution >= 0.6 is 23.2 Å². The van der Waals surface area contributed by atoms with E-state index >= 15 is 0 Å². The first-order chi connectivity index (χ1) is 7.40. The molecule has 1 atom stereocenters. The second kappa shape index (κ2) is 4.86. The molecule has 4 heteroatoms. The Bertz CT molecular complexity index is 465. The summed E-state index contributed by atoms with van der Waals surface area (Å²) in [6.45, 7) is 3.14. The number of Topliss-reactive ketones (excluding diaryl/α,β-unsaturated/α-hetero) is 1. The molecular weight excluding hydrogens is 245 g/mol. The fraction of sp³-hybridized carbons (Fsp3) is 0.333. The zero-order valence-corrected chi connectivity index (χ0v) is 10.6. The van der Waals surface area contributed by atoms with Gasteiger partial charge in [0.25, 0.3) is 0 Å². The van der Waals surface area contributed by atoms with Crippen LogP contribution in [0.25, 0.3) is 0 Å². The first-order valence-corrected chi connectivity index (χ1v) is 5.51. The number of benzene rings is 1. The summed E-state index contributed by atoms with van der Waals surface area (Å²) in [5.74, 6) is -0.0555. The molecule has 0 aliphatic carbocycles. The summed E-state index contributed by atoms with van der Waals surface area (Å²) >= 11 is 11.9. The van der Waals surface area contributed by atoms with Crippen LogP contribution in [-0.4, -0.2) is 5.78 Å². The maximum absolute atomic E-state index is 11.2. The molecule has 0 aromatic heterocycles. The van der Waals surface area contributed by atoms with E-state index < -0.39 is 5.41 Å². The number of ketones is 1. The SMILES string of the molecule is CC(=O)CC(C)(C#N)c1cccc(Cl)c1Cl. The lowest BCUT2D eigenvalue weighted by Gasteiger charge is -2.22. The number of nitriles is 1. The standard InChI is InChI=1S/C12H11Cl2NO/c1-8(16)6-12(2,7-15)9-4-3-5-10(13)11(9)14/h3-5H,6H2,1-2H3. The van der Waals surface area contributed by atoms with Crippen molar-refractivity contribution in [2.75, 3.05) is 0 Å². The van der Waals surface area contributed by atoms with Gasteiger partial charge in [-0.15, -0.1) is 0 Å². The van der Waals surface area contributed by atoms with Crippen molar-refractivity contribution in [3.05, 3.63) is 33.8 Å². The van der Waals surface area contributed by atoms with Crippen molar-refractivity contribution in [3.8, 4) is 6.07 Å². The van der Waals surface area contributed by atoms with E-state index in [9.17, 15) is 10.1 Å². The molecule has 0 radical (unpaired) electrons. The van der Waals surface area contributed by atoms with Gasteiger partial charge in [0, 0.05) is 6.42 Å². The Balaban J connectivity index is 3.29. The smallest absolute Gasteiger partial charge is 0.131 e. The van der Waals surface area contributed by atoms with E-state index in [4.69, 9.17) is 23.2 Å². The van der Waals surface area contributed by atoms with E-state index in [1.54, 1.807) is 25.1 Å². The predicted molar refractivity (Wildman–Crippen MR) is 64.7 cm³/mol. The molecule has 0 amide bonds. The minimum absolute atomic E-state index is 0.0555. The second-order valence-corrected chi connectivity index (χ2v) is 4.71. The van der Waals surface area contributed by atoms with Gasteiger partial charge in [-0.2, -0.15) is 5.26 Å². The third-order valence-electron chi connectivity index (χ3n) is 2.40. The molecule has 0 saturated carbocycles.